The van der Waals surface area contributed by atoms with Crippen LogP contribution in [0.15, 0.2) is 97.1 Å². The van der Waals surface area contributed by atoms with Gasteiger partial charge in [-0.15, -0.1) is 0 Å². The van der Waals surface area contributed by atoms with E-state index in [4.69, 9.17) is 0 Å². The number of ketones is 1. The van der Waals surface area contributed by atoms with Crippen LogP contribution in [0, 0.1) is 0 Å². The van der Waals surface area contributed by atoms with E-state index in [1.54, 1.807) is 0 Å². The van der Waals surface area contributed by atoms with E-state index in [0.29, 0.717) is 0 Å². The smallest absolute Gasteiger partial charge is 0.197 e. The van der Waals surface area contributed by atoms with E-state index in [2.05, 4.69) is 126 Å². The van der Waals surface area contributed by atoms with Crippen LogP contribution in [0.25, 0.3) is 0 Å². The molecule has 1 fully saturated rings. The van der Waals surface area contributed by atoms with Crippen LogP contribution in [0.1, 0.15) is 62.9 Å². The summed E-state index contributed by atoms with van der Waals surface area (Å²) in [5.41, 5.74) is 7.92. The van der Waals surface area contributed by atoms with E-state index in [9.17, 15) is 4.79 Å². The molecule has 1 aliphatic heterocycles. The Morgan fingerprint density at radius 2 is 1.07 bits per heavy atom. The molecular formula is C38H46N4O. The predicted molar refractivity (Wildman–Crippen MR) is 184 cm³/mol. The number of hydrogen-bond acceptors (Lipinski definition) is 5. The SMILES string of the molecule is CCN(CC)c1cc(N2CCCCC2)ccc1C(=O)c1ccc(N(c2ccccc2)c2ccccc2)cc1N(CC)CC. The Morgan fingerprint density at radius 1 is 0.581 bits per heavy atom. The van der Waals surface area contributed by atoms with Gasteiger partial charge in [0.25, 0.3) is 0 Å². The zero-order chi connectivity index (χ0) is 30.2. The van der Waals surface area contributed by atoms with Crippen molar-refractivity contribution in [3.63, 3.8) is 0 Å². The van der Waals surface area contributed by atoms with Gasteiger partial charge in [-0.1, -0.05) is 36.4 Å². The summed E-state index contributed by atoms with van der Waals surface area (Å²) >= 11 is 0. The highest BCUT2D eigenvalue weighted by molar-refractivity contribution is 6.16. The largest absolute Gasteiger partial charge is 0.371 e. The molecule has 5 rings (SSSR count). The summed E-state index contributed by atoms with van der Waals surface area (Å²) in [5, 5.41) is 0. The molecule has 224 valence electrons. The molecule has 4 aromatic carbocycles. The van der Waals surface area contributed by atoms with Crippen LogP contribution in [-0.2, 0) is 0 Å². The first-order chi connectivity index (χ1) is 21.1. The Bertz CT molecular complexity index is 1430. The van der Waals surface area contributed by atoms with Gasteiger partial charge in [-0.3, -0.25) is 4.79 Å². The number of rotatable bonds is 12. The maximum absolute atomic E-state index is 14.6. The minimum Gasteiger partial charge on any atom is -0.371 e. The molecule has 5 nitrogen and oxygen atoms in total. The maximum Gasteiger partial charge on any atom is 0.197 e. The third kappa shape index (κ3) is 6.56. The van der Waals surface area contributed by atoms with Gasteiger partial charge in [-0.25, -0.2) is 0 Å². The van der Waals surface area contributed by atoms with Gasteiger partial charge in [0.15, 0.2) is 5.78 Å². The standard InChI is InChI=1S/C38H46N4O/c1-5-39(6-2)36-28-32(41-26-16-11-17-27-41)22-24-34(36)38(43)35-25-23-33(29-37(35)40(7-3)8-4)42(30-18-12-9-13-19-30)31-20-14-10-15-21-31/h9-10,12-15,18-25,28-29H,5-8,11,16-17,26-27H2,1-4H3. The lowest BCUT2D eigenvalue weighted by Gasteiger charge is -2.32. The molecule has 1 heterocycles. The third-order valence-electron chi connectivity index (χ3n) is 8.67. The van der Waals surface area contributed by atoms with Gasteiger partial charge in [0.2, 0.25) is 0 Å². The highest BCUT2D eigenvalue weighted by Gasteiger charge is 2.24. The Kier molecular flexibility index (Phi) is 10.0. The number of para-hydroxylation sites is 2. The van der Waals surface area contributed by atoms with Gasteiger partial charge in [-0.2, -0.15) is 0 Å². The van der Waals surface area contributed by atoms with Crippen LogP contribution < -0.4 is 19.6 Å². The molecule has 43 heavy (non-hydrogen) atoms. The normalized spacial score (nSPS) is 13.1. The van der Waals surface area contributed by atoms with Gasteiger partial charge < -0.3 is 19.6 Å². The molecule has 0 radical (unpaired) electrons. The first-order valence-corrected chi connectivity index (χ1v) is 16.1. The predicted octanol–water partition coefficient (Wildman–Crippen LogP) is 9.07. The summed E-state index contributed by atoms with van der Waals surface area (Å²) in [6.45, 7) is 14.1. The molecule has 5 heteroatoms. The first kappa shape index (κ1) is 30.2. The van der Waals surface area contributed by atoms with E-state index < -0.39 is 0 Å². The number of nitrogens with zero attached hydrogens (tertiary/aromatic N) is 4. The lowest BCUT2D eigenvalue weighted by Crippen LogP contribution is -2.30. The van der Waals surface area contributed by atoms with Crippen molar-refractivity contribution in [3.8, 4) is 0 Å². The molecule has 1 saturated heterocycles. The lowest BCUT2D eigenvalue weighted by atomic mass is 9.97. The second-order valence-electron chi connectivity index (χ2n) is 11.1. The molecule has 0 spiro atoms. The van der Waals surface area contributed by atoms with Gasteiger partial charge >= 0.3 is 0 Å². The highest BCUT2D eigenvalue weighted by Crippen LogP contribution is 2.39. The summed E-state index contributed by atoms with van der Waals surface area (Å²) in [7, 11) is 0. The van der Waals surface area contributed by atoms with Crippen molar-refractivity contribution < 1.29 is 4.79 Å². The Hall–Kier alpha value is -4.25. The molecule has 0 unspecified atom stereocenters. The third-order valence-corrected chi connectivity index (χ3v) is 8.67. The van der Waals surface area contributed by atoms with Crippen LogP contribution in [0.5, 0.6) is 0 Å². The topological polar surface area (TPSA) is 30.0 Å². The fourth-order valence-electron chi connectivity index (χ4n) is 6.31. The minimum absolute atomic E-state index is 0.0755. The van der Waals surface area contributed by atoms with Crippen molar-refractivity contribution in [2.24, 2.45) is 0 Å². The van der Waals surface area contributed by atoms with Crippen molar-refractivity contribution in [3.05, 3.63) is 108 Å². The molecule has 0 N–H and O–H groups in total. The van der Waals surface area contributed by atoms with E-state index in [1.165, 1.54) is 24.9 Å². The monoisotopic (exact) mass is 574 g/mol. The zero-order valence-corrected chi connectivity index (χ0v) is 26.3. The second kappa shape index (κ2) is 14.3. The highest BCUT2D eigenvalue weighted by atomic mass is 16.1. The van der Waals surface area contributed by atoms with E-state index in [0.717, 1.165) is 78.8 Å². The van der Waals surface area contributed by atoms with Crippen LogP contribution in [-0.4, -0.2) is 45.1 Å². The second-order valence-corrected chi connectivity index (χ2v) is 11.1. The Labute approximate surface area is 258 Å². The Morgan fingerprint density at radius 3 is 1.58 bits per heavy atom. The number of benzene rings is 4. The Balaban J connectivity index is 1.62. The average Bonchev–Trinajstić information content (AvgIpc) is 3.07. The number of piperidine rings is 1. The molecule has 0 aromatic heterocycles. The maximum atomic E-state index is 14.6. The average molecular weight is 575 g/mol. The minimum atomic E-state index is 0.0755. The van der Waals surface area contributed by atoms with E-state index in [-0.39, 0.29) is 5.78 Å². The number of carbonyl (C=O) groups is 1. The van der Waals surface area contributed by atoms with Gasteiger partial charge in [0.1, 0.15) is 0 Å². The van der Waals surface area contributed by atoms with Crippen LogP contribution in [0.3, 0.4) is 0 Å². The lowest BCUT2D eigenvalue weighted by molar-refractivity contribution is 0.103. The molecular weight excluding hydrogens is 528 g/mol. The summed E-state index contributed by atoms with van der Waals surface area (Å²) in [4.78, 5) is 23.9. The van der Waals surface area contributed by atoms with Crippen LogP contribution in [0.4, 0.5) is 34.1 Å². The van der Waals surface area contributed by atoms with Crippen molar-refractivity contribution >= 4 is 39.9 Å². The fraction of sp³-hybridized carbons (Fsp3) is 0.342. The van der Waals surface area contributed by atoms with E-state index in [1.807, 2.05) is 18.2 Å². The van der Waals surface area contributed by atoms with Crippen LogP contribution >= 0.6 is 0 Å². The first-order valence-electron chi connectivity index (χ1n) is 16.1. The van der Waals surface area contributed by atoms with Crippen LogP contribution in [0.2, 0.25) is 0 Å². The van der Waals surface area contributed by atoms with Crippen molar-refractivity contribution in [1.82, 2.24) is 0 Å². The van der Waals surface area contributed by atoms with Gasteiger partial charge in [-0.05, 0) is 108 Å². The van der Waals surface area contributed by atoms with Crippen molar-refractivity contribution in [2.45, 2.75) is 47.0 Å². The van der Waals surface area contributed by atoms with Gasteiger partial charge in [0.05, 0.1) is 0 Å². The van der Waals surface area contributed by atoms with Gasteiger partial charge in [0, 0.05) is 84.5 Å². The summed E-state index contributed by atoms with van der Waals surface area (Å²) < 4.78 is 0. The molecule has 4 aromatic rings. The molecule has 1 aliphatic rings. The summed E-state index contributed by atoms with van der Waals surface area (Å²) in [5.74, 6) is 0.0755. The quantitative estimate of drug-likeness (QED) is 0.158. The van der Waals surface area contributed by atoms with Crippen molar-refractivity contribution in [1.29, 1.82) is 0 Å². The van der Waals surface area contributed by atoms with E-state index >= 15 is 0 Å². The molecule has 0 bridgehead atoms. The molecule has 0 saturated carbocycles. The zero-order valence-electron chi connectivity index (χ0n) is 26.3. The van der Waals surface area contributed by atoms with Crippen molar-refractivity contribution in [2.75, 3.05) is 58.9 Å². The molecule has 0 aliphatic carbocycles. The summed E-state index contributed by atoms with van der Waals surface area (Å²) in [6.07, 6.45) is 3.75. The molecule has 0 atom stereocenters. The molecule has 0 amide bonds. The summed E-state index contributed by atoms with van der Waals surface area (Å²) in [6, 6.07) is 33.7. The number of carbonyl (C=O) groups excluding carboxylic acids is 1. The number of anilines is 6. The fourth-order valence-corrected chi connectivity index (χ4v) is 6.31. The number of hydrogen-bond donors (Lipinski definition) is 0.